The van der Waals surface area contributed by atoms with E-state index < -0.39 is 0 Å². The number of para-hydroxylation sites is 1. The van der Waals surface area contributed by atoms with Crippen LogP contribution in [0.4, 0.5) is 17.1 Å². The van der Waals surface area contributed by atoms with Crippen molar-refractivity contribution in [3.05, 3.63) is 249 Å². The predicted octanol–water partition coefficient (Wildman–Crippen LogP) is 18.8. The molecule has 0 spiro atoms. The lowest BCUT2D eigenvalue weighted by Crippen LogP contribution is -2.12. The molecule has 0 amide bonds. The SMILES string of the molecule is c1ccc(-c2c(-c3ccccc3)c3cc(-c4ccccc4N(c4cccc(-c5cccc6c5sc5ccccc56)c4)c4cccc5c4ccc4ccccc45)ccc3c3ccccc23)cc1. The molecule has 0 radical (unpaired) electrons. The molecular formula is C64H41NS. The van der Waals surface area contributed by atoms with Crippen LogP contribution in [0.15, 0.2) is 249 Å². The van der Waals surface area contributed by atoms with E-state index in [2.05, 4.69) is 254 Å². The van der Waals surface area contributed by atoms with Crippen molar-refractivity contribution >= 4 is 91.7 Å². The van der Waals surface area contributed by atoms with E-state index in [-0.39, 0.29) is 0 Å². The maximum absolute atomic E-state index is 2.50. The molecule has 0 unspecified atom stereocenters. The molecule has 66 heavy (non-hydrogen) atoms. The summed E-state index contributed by atoms with van der Waals surface area (Å²) in [6, 6.07) is 91.7. The van der Waals surface area contributed by atoms with Gasteiger partial charge in [0.15, 0.2) is 0 Å². The smallest absolute Gasteiger partial charge is 0.0540 e. The fraction of sp³-hybridized carbons (Fsp3) is 0. The first-order valence-electron chi connectivity index (χ1n) is 22.7. The molecule has 0 aliphatic heterocycles. The first-order valence-corrected chi connectivity index (χ1v) is 23.5. The van der Waals surface area contributed by atoms with Gasteiger partial charge < -0.3 is 4.90 Å². The van der Waals surface area contributed by atoms with Crippen LogP contribution in [-0.4, -0.2) is 0 Å². The summed E-state index contributed by atoms with van der Waals surface area (Å²) in [5, 5.41) is 12.5. The normalized spacial score (nSPS) is 11.6. The molecule has 13 rings (SSSR count). The maximum atomic E-state index is 2.50. The van der Waals surface area contributed by atoms with Gasteiger partial charge >= 0.3 is 0 Å². The highest BCUT2D eigenvalue weighted by Crippen LogP contribution is 2.49. The summed E-state index contributed by atoms with van der Waals surface area (Å²) in [6.07, 6.45) is 0. The highest BCUT2D eigenvalue weighted by Gasteiger charge is 2.23. The molecule has 0 atom stereocenters. The Hall–Kier alpha value is -8.30. The molecule has 0 fully saturated rings. The number of thiophene rings is 1. The van der Waals surface area contributed by atoms with Crippen LogP contribution in [0.1, 0.15) is 0 Å². The molecule has 1 heterocycles. The van der Waals surface area contributed by atoms with Crippen LogP contribution in [0.3, 0.4) is 0 Å². The van der Waals surface area contributed by atoms with Crippen molar-refractivity contribution < 1.29 is 0 Å². The zero-order valence-corrected chi connectivity index (χ0v) is 36.8. The zero-order valence-electron chi connectivity index (χ0n) is 36.0. The molecule has 0 saturated heterocycles. The average Bonchev–Trinajstić information content (AvgIpc) is 3.78. The number of anilines is 3. The Bertz CT molecular complexity index is 4000. The van der Waals surface area contributed by atoms with Crippen LogP contribution in [-0.2, 0) is 0 Å². The summed E-state index contributed by atoms with van der Waals surface area (Å²) in [7, 11) is 0. The van der Waals surface area contributed by atoms with Gasteiger partial charge in [0.2, 0.25) is 0 Å². The van der Waals surface area contributed by atoms with Crippen LogP contribution in [0.2, 0.25) is 0 Å². The zero-order chi connectivity index (χ0) is 43.6. The van der Waals surface area contributed by atoms with Gasteiger partial charge in [-0.1, -0.05) is 212 Å². The second kappa shape index (κ2) is 15.7. The van der Waals surface area contributed by atoms with E-state index >= 15 is 0 Å². The van der Waals surface area contributed by atoms with Gasteiger partial charge in [-0.15, -0.1) is 11.3 Å². The molecule has 0 aliphatic rings. The van der Waals surface area contributed by atoms with Crippen LogP contribution >= 0.6 is 11.3 Å². The van der Waals surface area contributed by atoms with Gasteiger partial charge in [-0.3, -0.25) is 0 Å². The van der Waals surface area contributed by atoms with E-state index in [9.17, 15) is 0 Å². The van der Waals surface area contributed by atoms with E-state index in [1.54, 1.807) is 0 Å². The molecule has 13 aromatic rings. The highest BCUT2D eigenvalue weighted by atomic mass is 32.1. The molecule has 0 saturated carbocycles. The van der Waals surface area contributed by atoms with Crippen molar-refractivity contribution in [2.75, 3.05) is 4.90 Å². The fourth-order valence-corrected chi connectivity index (χ4v) is 11.7. The minimum absolute atomic E-state index is 1.10. The quantitative estimate of drug-likeness (QED) is 0.144. The largest absolute Gasteiger partial charge is 0.309 e. The van der Waals surface area contributed by atoms with E-state index in [1.165, 1.54) is 96.6 Å². The summed E-state index contributed by atoms with van der Waals surface area (Å²) in [5.74, 6) is 0. The first kappa shape index (κ1) is 38.2. The molecule has 308 valence electrons. The van der Waals surface area contributed by atoms with Crippen molar-refractivity contribution in [1.29, 1.82) is 0 Å². The molecule has 1 aromatic heterocycles. The Morgan fingerprint density at radius 1 is 0.273 bits per heavy atom. The Morgan fingerprint density at radius 3 is 1.64 bits per heavy atom. The lowest BCUT2D eigenvalue weighted by atomic mass is 9.84. The lowest BCUT2D eigenvalue weighted by Gasteiger charge is -2.30. The Kier molecular flexibility index (Phi) is 9.11. The fourth-order valence-electron chi connectivity index (χ4n) is 10.5. The van der Waals surface area contributed by atoms with Crippen LogP contribution < -0.4 is 4.90 Å². The topological polar surface area (TPSA) is 3.24 Å². The lowest BCUT2D eigenvalue weighted by molar-refractivity contribution is 1.30. The van der Waals surface area contributed by atoms with Gasteiger partial charge in [-0.05, 0) is 113 Å². The van der Waals surface area contributed by atoms with Crippen molar-refractivity contribution in [1.82, 2.24) is 0 Å². The van der Waals surface area contributed by atoms with Gasteiger partial charge in [-0.25, -0.2) is 0 Å². The number of benzene rings is 12. The third-order valence-electron chi connectivity index (χ3n) is 13.4. The first-order chi connectivity index (χ1) is 32.8. The Balaban J connectivity index is 1.08. The molecule has 1 nitrogen and oxygen atoms in total. The summed E-state index contributed by atoms with van der Waals surface area (Å²) in [6.45, 7) is 0. The standard InChI is InChI=1S/C64H41NS/c1-3-19-43(20-4-1)62-56-29-10-9-27-52(56)53-38-37-46(41-58(53)63(62)44-21-5-2-6-22-44)49-26-11-13-33-59(49)65(60-34-17-31-51-48-25-8-7-18-42(48)36-39-54(51)60)47-24-15-23-45(40-47)50-30-16-32-57-55-28-12-14-35-61(55)66-64(50)57/h1-41H. The molecule has 0 bridgehead atoms. The summed E-state index contributed by atoms with van der Waals surface area (Å²) in [5.41, 5.74) is 13.0. The van der Waals surface area contributed by atoms with Gasteiger partial charge in [0.25, 0.3) is 0 Å². The maximum Gasteiger partial charge on any atom is 0.0540 e. The van der Waals surface area contributed by atoms with Gasteiger partial charge in [-0.2, -0.15) is 0 Å². The third-order valence-corrected chi connectivity index (χ3v) is 14.7. The van der Waals surface area contributed by atoms with E-state index in [1.807, 2.05) is 11.3 Å². The molecular weight excluding hydrogens is 815 g/mol. The van der Waals surface area contributed by atoms with E-state index in [0.29, 0.717) is 0 Å². The Labute approximate surface area is 387 Å². The minimum Gasteiger partial charge on any atom is -0.309 e. The second-order valence-electron chi connectivity index (χ2n) is 17.1. The molecule has 0 aliphatic carbocycles. The van der Waals surface area contributed by atoms with Crippen molar-refractivity contribution in [3.8, 4) is 44.5 Å². The number of hydrogen-bond acceptors (Lipinski definition) is 2. The van der Waals surface area contributed by atoms with E-state index in [4.69, 9.17) is 0 Å². The van der Waals surface area contributed by atoms with Crippen LogP contribution in [0, 0.1) is 0 Å². The van der Waals surface area contributed by atoms with Gasteiger partial charge in [0.1, 0.15) is 0 Å². The second-order valence-corrected chi connectivity index (χ2v) is 18.2. The number of nitrogens with zero attached hydrogens (tertiary/aromatic N) is 1. The monoisotopic (exact) mass is 855 g/mol. The summed E-state index contributed by atoms with van der Waals surface area (Å²) < 4.78 is 2.62. The molecule has 12 aromatic carbocycles. The van der Waals surface area contributed by atoms with Crippen LogP contribution in [0.25, 0.3) is 108 Å². The van der Waals surface area contributed by atoms with Gasteiger partial charge in [0, 0.05) is 36.8 Å². The number of fused-ring (bicyclic) bond motifs is 9. The van der Waals surface area contributed by atoms with Crippen LogP contribution in [0.5, 0.6) is 0 Å². The predicted molar refractivity (Wildman–Crippen MR) is 286 cm³/mol. The molecule has 2 heteroatoms. The van der Waals surface area contributed by atoms with Crippen molar-refractivity contribution in [2.45, 2.75) is 0 Å². The number of rotatable bonds is 7. The van der Waals surface area contributed by atoms with Crippen molar-refractivity contribution in [3.63, 3.8) is 0 Å². The highest BCUT2D eigenvalue weighted by molar-refractivity contribution is 7.26. The van der Waals surface area contributed by atoms with Crippen molar-refractivity contribution in [2.24, 2.45) is 0 Å². The average molecular weight is 856 g/mol. The third kappa shape index (κ3) is 6.22. The number of hydrogen-bond donors (Lipinski definition) is 0. The van der Waals surface area contributed by atoms with Gasteiger partial charge in [0.05, 0.1) is 11.4 Å². The molecule has 0 N–H and O–H groups in total. The summed E-state index contributed by atoms with van der Waals surface area (Å²) in [4.78, 5) is 2.50. The van der Waals surface area contributed by atoms with E-state index in [0.717, 1.165) is 28.2 Å². The Morgan fingerprint density at radius 2 is 0.803 bits per heavy atom. The summed E-state index contributed by atoms with van der Waals surface area (Å²) >= 11 is 1.88. The minimum atomic E-state index is 1.10.